The molecule has 1 heterocycles. The van der Waals surface area contributed by atoms with Gasteiger partial charge in [-0.25, -0.2) is 0 Å². The lowest BCUT2D eigenvalue weighted by Gasteiger charge is -2.13. The number of carbonyl (C=O) groups is 2. The second-order valence-electron chi connectivity index (χ2n) is 5.06. The highest BCUT2D eigenvalue weighted by Gasteiger charge is 2.10. The Labute approximate surface area is 151 Å². The van der Waals surface area contributed by atoms with E-state index in [0.717, 1.165) is 0 Å². The second kappa shape index (κ2) is 9.68. The molecule has 134 valence electrons. The maximum atomic E-state index is 12.0. The number of nitrogens with one attached hydrogen (secondary N) is 2. The molecule has 25 heavy (non-hydrogen) atoms. The first kappa shape index (κ1) is 18.8. The first-order valence-corrected chi connectivity index (χ1v) is 9.03. The molecule has 2 amide bonds. The van der Waals surface area contributed by atoms with E-state index in [2.05, 4.69) is 10.6 Å². The van der Waals surface area contributed by atoms with Crippen LogP contribution in [0, 0.1) is 0 Å². The number of rotatable bonds is 9. The summed E-state index contributed by atoms with van der Waals surface area (Å²) in [6.07, 6.45) is 0.189. The lowest BCUT2D eigenvalue weighted by atomic mass is 10.2. The van der Waals surface area contributed by atoms with Crippen molar-refractivity contribution in [3.05, 3.63) is 40.6 Å². The number of carbonyl (C=O) groups excluding carboxylic acids is 2. The van der Waals surface area contributed by atoms with Crippen LogP contribution in [-0.4, -0.2) is 31.6 Å². The largest absolute Gasteiger partial charge is 0.490 e. The minimum Gasteiger partial charge on any atom is -0.490 e. The van der Waals surface area contributed by atoms with Crippen molar-refractivity contribution in [3.8, 4) is 11.5 Å². The number of benzene rings is 1. The summed E-state index contributed by atoms with van der Waals surface area (Å²) in [7, 11) is 0. The van der Waals surface area contributed by atoms with Crippen LogP contribution in [-0.2, 0) is 4.79 Å². The van der Waals surface area contributed by atoms with Gasteiger partial charge in [-0.2, -0.15) is 0 Å². The van der Waals surface area contributed by atoms with Gasteiger partial charge in [0.1, 0.15) is 0 Å². The van der Waals surface area contributed by atoms with Crippen molar-refractivity contribution in [3.63, 3.8) is 0 Å². The average Bonchev–Trinajstić information content (AvgIpc) is 3.12. The van der Waals surface area contributed by atoms with Crippen LogP contribution in [0.25, 0.3) is 0 Å². The third-order valence-electron chi connectivity index (χ3n) is 3.21. The van der Waals surface area contributed by atoms with Crippen LogP contribution >= 0.6 is 11.3 Å². The predicted molar refractivity (Wildman–Crippen MR) is 98.7 cm³/mol. The maximum Gasteiger partial charge on any atom is 0.261 e. The highest BCUT2D eigenvalue weighted by atomic mass is 32.1. The van der Waals surface area contributed by atoms with Crippen molar-refractivity contribution in [2.45, 2.75) is 20.3 Å². The summed E-state index contributed by atoms with van der Waals surface area (Å²) in [5, 5.41) is 7.36. The van der Waals surface area contributed by atoms with Gasteiger partial charge >= 0.3 is 0 Å². The van der Waals surface area contributed by atoms with E-state index in [0.29, 0.717) is 35.3 Å². The van der Waals surface area contributed by atoms with Gasteiger partial charge in [0.25, 0.3) is 5.91 Å². The van der Waals surface area contributed by atoms with Crippen LogP contribution in [0.4, 0.5) is 5.69 Å². The topological polar surface area (TPSA) is 76.7 Å². The van der Waals surface area contributed by atoms with Gasteiger partial charge in [-0.05, 0) is 37.4 Å². The molecule has 0 unspecified atom stereocenters. The Morgan fingerprint density at radius 1 is 1.08 bits per heavy atom. The number of ether oxygens (including phenoxy) is 2. The Morgan fingerprint density at radius 3 is 2.52 bits per heavy atom. The van der Waals surface area contributed by atoms with E-state index in [1.165, 1.54) is 11.3 Å². The van der Waals surface area contributed by atoms with Crippen molar-refractivity contribution in [1.29, 1.82) is 0 Å². The molecule has 2 aromatic rings. The van der Waals surface area contributed by atoms with Crippen molar-refractivity contribution < 1.29 is 19.1 Å². The molecule has 0 aliphatic carbocycles. The average molecular weight is 362 g/mol. The van der Waals surface area contributed by atoms with Crippen LogP contribution in [0.3, 0.4) is 0 Å². The summed E-state index contributed by atoms with van der Waals surface area (Å²) in [5.41, 5.74) is 0.626. The van der Waals surface area contributed by atoms with Gasteiger partial charge in [-0.1, -0.05) is 6.07 Å². The highest BCUT2D eigenvalue weighted by molar-refractivity contribution is 7.12. The van der Waals surface area contributed by atoms with E-state index in [4.69, 9.17) is 9.47 Å². The fourth-order valence-electron chi connectivity index (χ4n) is 2.14. The Morgan fingerprint density at radius 2 is 1.84 bits per heavy atom. The zero-order valence-electron chi connectivity index (χ0n) is 14.3. The van der Waals surface area contributed by atoms with Gasteiger partial charge in [0, 0.05) is 24.7 Å². The van der Waals surface area contributed by atoms with E-state index < -0.39 is 0 Å². The molecule has 0 bridgehead atoms. The molecule has 0 atom stereocenters. The Hall–Kier alpha value is -2.54. The van der Waals surface area contributed by atoms with Crippen molar-refractivity contribution >= 4 is 28.8 Å². The van der Waals surface area contributed by atoms with Crippen LogP contribution in [0.5, 0.6) is 11.5 Å². The monoisotopic (exact) mass is 362 g/mol. The van der Waals surface area contributed by atoms with Gasteiger partial charge < -0.3 is 20.1 Å². The zero-order chi connectivity index (χ0) is 18.1. The van der Waals surface area contributed by atoms with Gasteiger partial charge in [-0.15, -0.1) is 11.3 Å². The van der Waals surface area contributed by atoms with Crippen LogP contribution < -0.4 is 20.1 Å². The van der Waals surface area contributed by atoms with E-state index >= 15 is 0 Å². The molecule has 1 aromatic carbocycles. The maximum absolute atomic E-state index is 12.0. The minimum absolute atomic E-state index is 0.164. The van der Waals surface area contributed by atoms with Gasteiger partial charge in [0.05, 0.1) is 18.1 Å². The second-order valence-corrected chi connectivity index (χ2v) is 6.01. The van der Waals surface area contributed by atoms with E-state index in [1.807, 2.05) is 25.3 Å². The number of thiophene rings is 1. The van der Waals surface area contributed by atoms with Crippen molar-refractivity contribution in [2.75, 3.05) is 25.1 Å². The summed E-state index contributed by atoms with van der Waals surface area (Å²) in [4.78, 5) is 24.5. The number of anilines is 1. The molecule has 0 aliphatic heterocycles. The normalized spacial score (nSPS) is 10.2. The third kappa shape index (κ3) is 5.79. The van der Waals surface area contributed by atoms with Crippen molar-refractivity contribution in [1.82, 2.24) is 5.32 Å². The van der Waals surface area contributed by atoms with Crippen LogP contribution in [0.15, 0.2) is 35.7 Å². The van der Waals surface area contributed by atoms with Gasteiger partial charge in [0.15, 0.2) is 11.5 Å². The van der Waals surface area contributed by atoms with Crippen LogP contribution in [0.1, 0.15) is 29.9 Å². The number of amides is 2. The quantitative estimate of drug-likeness (QED) is 0.717. The van der Waals surface area contributed by atoms with Crippen molar-refractivity contribution in [2.24, 2.45) is 0 Å². The molecular formula is C18H22N2O4S. The number of hydrogen-bond donors (Lipinski definition) is 2. The summed E-state index contributed by atoms with van der Waals surface area (Å²) in [6.45, 7) is 5.10. The Balaban J connectivity index is 1.85. The molecule has 0 radical (unpaired) electrons. The third-order valence-corrected chi connectivity index (χ3v) is 4.08. The summed E-state index contributed by atoms with van der Waals surface area (Å²) < 4.78 is 11.0. The van der Waals surface area contributed by atoms with Gasteiger partial charge in [0.2, 0.25) is 5.91 Å². The van der Waals surface area contributed by atoms with E-state index in [-0.39, 0.29) is 24.8 Å². The molecule has 0 fully saturated rings. The standard InChI is InChI=1S/C18H22N2O4S/c1-3-23-14-8-7-13(12-15(14)24-4-2)20-17(21)9-10-19-18(22)16-6-5-11-25-16/h5-8,11-12H,3-4,9-10H2,1-2H3,(H,19,22)(H,20,21). The fourth-order valence-corrected chi connectivity index (χ4v) is 2.78. The molecule has 7 heteroatoms. The molecular weight excluding hydrogens is 340 g/mol. The van der Waals surface area contributed by atoms with E-state index in [1.54, 1.807) is 24.3 Å². The summed E-state index contributed by atoms with van der Waals surface area (Å²) >= 11 is 1.37. The molecule has 0 aliphatic rings. The summed E-state index contributed by atoms with van der Waals surface area (Å²) in [6, 6.07) is 8.82. The first-order valence-electron chi connectivity index (χ1n) is 8.15. The Bertz CT molecular complexity index is 701. The molecule has 0 saturated heterocycles. The molecule has 0 spiro atoms. The Kier molecular flexibility index (Phi) is 7.28. The molecule has 1 aromatic heterocycles. The minimum atomic E-state index is -0.182. The van der Waals surface area contributed by atoms with Gasteiger partial charge in [-0.3, -0.25) is 9.59 Å². The summed E-state index contributed by atoms with van der Waals surface area (Å²) in [5.74, 6) is 0.888. The number of hydrogen-bond acceptors (Lipinski definition) is 5. The first-order chi connectivity index (χ1) is 12.1. The van der Waals surface area contributed by atoms with E-state index in [9.17, 15) is 9.59 Å². The lowest BCUT2D eigenvalue weighted by Crippen LogP contribution is -2.27. The lowest BCUT2D eigenvalue weighted by molar-refractivity contribution is -0.116. The zero-order valence-corrected chi connectivity index (χ0v) is 15.2. The molecule has 2 N–H and O–H groups in total. The molecule has 6 nitrogen and oxygen atoms in total. The molecule has 0 saturated carbocycles. The fraction of sp³-hybridized carbons (Fsp3) is 0.333. The smallest absolute Gasteiger partial charge is 0.261 e. The van der Waals surface area contributed by atoms with Crippen LogP contribution in [0.2, 0.25) is 0 Å². The highest BCUT2D eigenvalue weighted by Crippen LogP contribution is 2.30. The predicted octanol–water partition coefficient (Wildman–Crippen LogP) is 3.30. The molecule has 2 rings (SSSR count). The SMILES string of the molecule is CCOc1ccc(NC(=O)CCNC(=O)c2cccs2)cc1OCC.